The van der Waals surface area contributed by atoms with Crippen molar-refractivity contribution in [3.05, 3.63) is 80.8 Å². The smallest absolute Gasteiger partial charge is 0.249 e. The van der Waals surface area contributed by atoms with Crippen LogP contribution in [0.25, 0.3) is 22.5 Å². The van der Waals surface area contributed by atoms with Crippen LogP contribution in [0.3, 0.4) is 0 Å². The van der Waals surface area contributed by atoms with E-state index in [1.807, 2.05) is 0 Å². The molecule has 1 aliphatic heterocycles. The summed E-state index contributed by atoms with van der Waals surface area (Å²) in [5.74, 6) is 5.92. The summed E-state index contributed by atoms with van der Waals surface area (Å²) in [6.45, 7) is 5.48. The summed E-state index contributed by atoms with van der Waals surface area (Å²) in [6.07, 6.45) is 4.52. The monoisotopic (exact) mass is 508 g/mol. The minimum absolute atomic E-state index is 0.420. The van der Waals surface area contributed by atoms with E-state index in [9.17, 15) is 4.79 Å². The van der Waals surface area contributed by atoms with Gasteiger partial charge in [-0.05, 0) is 41.9 Å². The van der Waals surface area contributed by atoms with Crippen LogP contribution in [0, 0.1) is 11.8 Å². The molecule has 186 valence electrons. The highest BCUT2D eigenvalue weighted by Crippen LogP contribution is 2.41. The third kappa shape index (κ3) is 4.81. The highest BCUT2D eigenvalue weighted by molar-refractivity contribution is 7.11. The summed E-state index contributed by atoms with van der Waals surface area (Å²) in [6, 6.07) is 10.6. The number of thiophene rings is 1. The average molecular weight is 509 g/mol. The van der Waals surface area contributed by atoms with Gasteiger partial charge in [-0.1, -0.05) is 24.0 Å². The first-order valence-electron chi connectivity index (χ1n) is 12.5. The first kappa shape index (κ1) is 23.6. The molecule has 0 bridgehead atoms. The molecule has 8 heteroatoms. The number of pyridine rings is 1. The first-order chi connectivity index (χ1) is 18.0. The number of hydrogen-bond donors (Lipinski definition) is 2. The van der Waals surface area contributed by atoms with Crippen molar-refractivity contribution in [2.45, 2.75) is 19.4 Å². The van der Waals surface area contributed by atoms with Crippen LogP contribution < -0.4 is 5.73 Å². The number of nitrogens with one attached hydrogen (secondary N) is 1. The number of H-pyrrole nitrogens is 1. The molecule has 2 aliphatic rings. The van der Waals surface area contributed by atoms with Crippen LogP contribution in [0.15, 0.2) is 48.1 Å². The lowest BCUT2D eigenvalue weighted by Gasteiger charge is -2.32. The average Bonchev–Trinajstić information content (AvgIpc) is 3.61. The largest absolute Gasteiger partial charge is 0.366 e. The van der Waals surface area contributed by atoms with Crippen molar-refractivity contribution < 1.29 is 4.79 Å². The van der Waals surface area contributed by atoms with Gasteiger partial charge in [0.15, 0.2) is 0 Å². The third-order valence-corrected chi connectivity index (χ3v) is 8.06. The molecule has 0 atom stereocenters. The molecule has 0 radical (unpaired) electrons. The van der Waals surface area contributed by atoms with E-state index in [0.29, 0.717) is 12.0 Å². The van der Waals surface area contributed by atoms with Gasteiger partial charge < -0.3 is 10.6 Å². The fourth-order valence-corrected chi connectivity index (χ4v) is 5.88. The van der Waals surface area contributed by atoms with Crippen molar-refractivity contribution >= 4 is 17.2 Å². The molecule has 4 aromatic rings. The molecule has 37 heavy (non-hydrogen) atoms. The van der Waals surface area contributed by atoms with Crippen molar-refractivity contribution in [2.24, 2.45) is 5.73 Å². The predicted molar refractivity (Wildman–Crippen MR) is 146 cm³/mol. The van der Waals surface area contributed by atoms with Gasteiger partial charge in [0.2, 0.25) is 5.91 Å². The van der Waals surface area contributed by atoms with Crippen LogP contribution in [0.4, 0.5) is 0 Å². The number of fused-ring (bicyclic) bond motifs is 3. The van der Waals surface area contributed by atoms with Crippen LogP contribution in [-0.4, -0.2) is 64.1 Å². The number of hydrogen-bond acceptors (Lipinski definition) is 6. The molecule has 0 spiro atoms. The first-order valence-corrected chi connectivity index (χ1v) is 13.3. The molecule has 1 amide bonds. The minimum atomic E-state index is -0.461. The topological polar surface area (TPSA) is 91.1 Å². The van der Waals surface area contributed by atoms with Gasteiger partial charge in [-0.2, -0.15) is 5.10 Å². The number of piperazine rings is 1. The lowest BCUT2D eigenvalue weighted by Crippen LogP contribution is -2.43. The van der Waals surface area contributed by atoms with E-state index in [1.165, 1.54) is 22.3 Å². The van der Waals surface area contributed by atoms with Crippen molar-refractivity contribution in [3.63, 3.8) is 0 Å². The third-order valence-electron chi connectivity index (χ3n) is 7.21. The van der Waals surface area contributed by atoms with Gasteiger partial charge >= 0.3 is 0 Å². The molecule has 1 saturated heterocycles. The molecule has 0 saturated carbocycles. The number of aromatic amines is 1. The summed E-state index contributed by atoms with van der Waals surface area (Å²) in [7, 11) is 2.19. The maximum Gasteiger partial charge on any atom is 0.249 e. The molecule has 1 fully saturated rings. The number of aromatic nitrogens is 3. The Kier molecular flexibility index (Phi) is 6.35. The van der Waals surface area contributed by atoms with Gasteiger partial charge in [0.05, 0.1) is 16.3 Å². The zero-order chi connectivity index (χ0) is 25.4. The van der Waals surface area contributed by atoms with Crippen molar-refractivity contribution in [1.82, 2.24) is 25.0 Å². The SMILES string of the molecule is CN1CCN(Cc2ccc3c(c2)-c2[nH]nc(-c4csc(C#CCc5cnccc5C(N)=O)c4)c2C3)CC1. The van der Waals surface area contributed by atoms with Crippen LogP contribution in [0.2, 0.25) is 0 Å². The number of primary amides is 1. The van der Waals surface area contributed by atoms with Gasteiger partial charge in [-0.25, -0.2) is 0 Å². The van der Waals surface area contributed by atoms with Crippen LogP contribution >= 0.6 is 11.3 Å². The number of rotatable bonds is 5. The Morgan fingerprint density at radius 1 is 1.19 bits per heavy atom. The highest BCUT2D eigenvalue weighted by atomic mass is 32.1. The highest BCUT2D eigenvalue weighted by Gasteiger charge is 2.26. The molecular weight excluding hydrogens is 480 g/mol. The zero-order valence-corrected chi connectivity index (χ0v) is 21.6. The van der Waals surface area contributed by atoms with Crippen molar-refractivity contribution in [2.75, 3.05) is 33.2 Å². The second-order valence-corrected chi connectivity index (χ2v) is 10.7. The van der Waals surface area contributed by atoms with Crippen molar-refractivity contribution in [1.29, 1.82) is 0 Å². The molecule has 1 aliphatic carbocycles. The number of likely N-dealkylation sites (N-methyl/N-ethyl adjacent to an activating group) is 1. The second-order valence-electron chi connectivity index (χ2n) is 9.75. The quantitative estimate of drug-likeness (QED) is 0.355. The Labute approximate surface area is 220 Å². The number of carbonyl (C=O) groups excluding carboxylic acids is 1. The predicted octanol–water partition coefficient (Wildman–Crippen LogP) is 3.54. The lowest BCUT2D eigenvalue weighted by atomic mass is 10.0. The number of benzene rings is 1. The summed E-state index contributed by atoms with van der Waals surface area (Å²) in [5, 5.41) is 10.1. The Bertz CT molecular complexity index is 1530. The molecular formula is C29H28N6OS. The normalized spacial score (nSPS) is 15.2. The van der Waals surface area contributed by atoms with E-state index in [0.717, 1.165) is 66.5 Å². The van der Waals surface area contributed by atoms with E-state index in [2.05, 4.69) is 68.4 Å². The second kappa shape index (κ2) is 9.94. The summed E-state index contributed by atoms with van der Waals surface area (Å²) in [4.78, 5) is 21.6. The van der Waals surface area contributed by atoms with Crippen molar-refractivity contribution in [3.8, 4) is 34.4 Å². The number of amides is 1. The Morgan fingerprint density at radius 2 is 2.05 bits per heavy atom. The summed E-state index contributed by atoms with van der Waals surface area (Å²) >= 11 is 1.60. The minimum Gasteiger partial charge on any atom is -0.366 e. The molecule has 0 unspecified atom stereocenters. The molecule has 1 aromatic carbocycles. The molecule has 6 rings (SSSR count). The maximum absolute atomic E-state index is 11.6. The van der Waals surface area contributed by atoms with E-state index >= 15 is 0 Å². The zero-order valence-electron chi connectivity index (χ0n) is 20.8. The van der Waals surface area contributed by atoms with Gasteiger partial charge in [0, 0.05) is 85.6 Å². The van der Waals surface area contributed by atoms with Gasteiger partial charge in [-0.15, -0.1) is 11.3 Å². The fourth-order valence-electron chi connectivity index (χ4n) is 5.12. The van der Waals surface area contributed by atoms with E-state index in [4.69, 9.17) is 10.8 Å². The molecule has 7 nitrogen and oxygen atoms in total. The molecule has 3 aromatic heterocycles. The standard InChI is InChI=1S/C29H28N6OS/c1-34-9-11-35(12-10-34)17-19-5-6-20-15-26-27(32-33-28(26)25(20)13-19)22-14-23(37-18-22)4-2-3-21-16-31-8-7-24(21)29(30)36/h5-8,13-14,16,18H,3,9-12,15,17H2,1H3,(H2,30,36)(H,32,33). The number of carbonyl (C=O) groups is 1. The van der Waals surface area contributed by atoms with Crippen LogP contribution in [-0.2, 0) is 19.4 Å². The van der Waals surface area contributed by atoms with Gasteiger partial charge in [0.25, 0.3) is 0 Å². The lowest BCUT2D eigenvalue weighted by molar-refractivity contribution is 0.0999. The molecule has 3 N–H and O–H groups in total. The van der Waals surface area contributed by atoms with Gasteiger partial charge in [0.1, 0.15) is 0 Å². The molecule has 4 heterocycles. The van der Waals surface area contributed by atoms with Crippen LogP contribution in [0.1, 0.15) is 37.5 Å². The summed E-state index contributed by atoms with van der Waals surface area (Å²) in [5.41, 5.74) is 15.1. The van der Waals surface area contributed by atoms with E-state index < -0.39 is 5.91 Å². The Balaban J connectivity index is 1.18. The van der Waals surface area contributed by atoms with Crippen LogP contribution in [0.5, 0.6) is 0 Å². The van der Waals surface area contributed by atoms with Gasteiger partial charge in [-0.3, -0.25) is 19.8 Å². The Morgan fingerprint density at radius 3 is 2.89 bits per heavy atom. The summed E-state index contributed by atoms with van der Waals surface area (Å²) < 4.78 is 0. The fraction of sp³-hybridized carbons (Fsp3) is 0.276. The van der Waals surface area contributed by atoms with E-state index in [-0.39, 0.29) is 0 Å². The number of nitrogens with zero attached hydrogens (tertiary/aromatic N) is 4. The van der Waals surface area contributed by atoms with E-state index in [1.54, 1.807) is 29.8 Å². The Hall–Kier alpha value is -3.77. The number of nitrogens with two attached hydrogens (primary N) is 1. The maximum atomic E-state index is 11.6.